The maximum atomic E-state index is 13.6. The second-order valence-corrected chi connectivity index (χ2v) is 20.9. The molecule has 4 rings (SSSR count). The molecule has 0 saturated carbocycles. The highest BCUT2D eigenvalue weighted by Gasteiger charge is 2.58. The number of unbranched alkanes of at least 4 members (excludes halogenated alkanes) is 2. The third kappa shape index (κ3) is 23.5. The third-order valence-electron chi connectivity index (χ3n) is 13.6. The first-order valence-electron chi connectivity index (χ1n) is 27.1. The average Bonchev–Trinajstić information content (AvgIpc) is 4.27. The molecule has 3 heterocycles. The lowest BCUT2D eigenvalue weighted by molar-refractivity contribution is -0.146. The van der Waals surface area contributed by atoms with Crippen LogP contribution in [0, 0.1) is 11.8 Å². The van der Waals surface area contributed by atoms with Crippen molar-refractivity contribution in [2.45, 2.75) is 187 Å². The number of hydrogen-bond acceptors (Lipinski definition) is 15. The van der Waals surface area contributed by atoms with Crippen LogP contribution in [-0.2, 0) is 63.9 Å². The van der Waals surface area contributed by atoms with E-state index in [1.165, 1.54) is 26.0 Å². The topological polar surface area (TPSA) is 346 Å². The number of rotatable bonds is 28. The summed E-state index contributed by atoms with van der Waals surface area (Å²) in [6.07, 6.45) is 8.25. The molecule has 1 spiro atoms. The molecule has 3 saturated heterocycles. The summed E-state index contributed by atoms with van der Waals surface area (Å²) >= 11 is 0. The van der Waals surface area contributed by atoms with Crippen molar-refractivity contribution in [3.05, 3.63) is 65.8 Å². The van der Waals surface area contributed by atoms with Gasteiger partial charge in [0.05, 0.1) is 37.4 Å². The fourth-order valence-electron chi connectivity index (χ4n) is 9.04. The van der Waals surface area contributed by atoms with Crippen LogP contribution in [0.25, 0.3) is 0 Å². The number of epoxide rings is 1. The number of primary amides is 1. The minimum absolute atomic E-state index is 0.0981. The van der Waals surface area contributed by atoms with Gasteiger partial charge in [0.25, 0.3) is 0 Å². The fraction of sp³-hybridized carbons (Fsp3) is 0.618. The highest BCUT2D eigenvalue weighted by Crippen LogP contribution is 2.43. The summed E-state index contributed by atoms with van der Waals surface area (Å²) < 4.78 is 28.4. The van der Waals surface area contributed by atoms with Gasteiger partial charge in [-0.3, -0.25) is 39.0 Å². The van der Waals surface area contributed by atoms with E-state index < -0.39 is 77.9 Å². The number of nitrogens with two attached hydrogens (primary N) is 1. The first-order chi connectivity index (χ1) is 37.4. The Hall–Kier alpha value is -6.89. The van der Waals surface area contributed by atoms with Crippen molar-refractivity contribution in [3.63, 3.8) is 0 Å². The van der Waals surface area contributed by atoms with Crippen LogP contribution in [0.2, 0.25) is 0 Å². The number of carbonyl (C=O) groups excluding carboxylic acids is 9. The molecule has 3 aliphatic rings. The van der Waals surface area contributed by atoms with Gasteiger partial charge in [-0.05, 0) is 94.9 Å². The van der Waals surface area contributed by atoms with E-state index in [-0.39, 0.29) is 93.1 Å². The molecule has 0 aromatic heterocycles. The minimum atomic E-state index is -1.06. The zero-order valence-electron chi connectivity index (χ0n) is 46.7. The van der Waals surface area contributed by atoms with Gasteiger partial charge in [-0.1, -0.05) is 63.1 Å². The zero-order valence-corrected chi connectivity index (χ0v) is 46.7. The van der Waals surface area contributed by atoms with E-state index in [1.54, 1.807) is 51.1 Å². The molecule has 79 heavy (non-hydrogen) atoms. The summed E-state index contributed by atoms with van der Waals surface area (Å²) in [5.41, 5.74) is 10.7. The lowest BCUT2D eigenvalue weighted by atomic mass is 9.87. The van der Waals surface area contributed by atoms with E-state index in [0.29, 0.717) is 56.5 Å². The van der Waals surface area contributed by atoms with Crippen LogP contribution in [0.3, 0.4) is 0 Å². The Balaban J connectivity index is 1.21. The van der Waals surface area contributed by atoms with Gasteiger partial charge in [0.2, 0.25) is 35.4 Å². The van der Waals surface area contributed by atoms with E-state index in [1.807, 2.05) is 26.0 Å². The molecule has 0 unspecified atom stereocenters. The minimum Gasteiger partial charge on any atom is -0.459 e. The van der Waals surface area contributed by atoms with Crippen molar-refractivity contribution in [1.29, 1.82) is 0 Å². The molecule has 1 aromatic rings. The first-order valence-corrected chi connectivity index (χ1v) is 27.1. The van der Waals surface area contributed by atoms with E-state index in [2.05, 4.69) is 49.7 Å². The van der Waals surface area contributed by atoms with Crippen molar-refractivity contribution in [2.75, 3.05) is 25.0 Å². The monoisotopic (exact) mass is 1110 g/mol. The summed E-state index contributed by atoms with van der Waals surface area (Å²) in [7, 11) is 0. The molecule has 11 N–H and O–H groups in total. The molecular formula is C55H83N9O15. The molecule has 3 aliphatic heterocycles. The van der Waals surface area contributed by atoms with Crippen molar-refractivity contribution < 1.29 is 71.9 Å². The van der Waals surface area contributed by atoms with Gasteiger partial charge < -0.3 is 66.4 Å². The molecule has 0 bridgehead atoms. The number of amides is 9. The molecule has 24 heteroatoms. The van der Waals surface area contributed by atoms with Crippen LogP contribution in [-0.4, -0.2) is 139 Å². The number of aliphatic hydroxyl groups excluding tert-OH is 1. The number of nitrogens with one attached hydrogen (secondary N) is 8. The number of benzene rings is 1. The Bertz CT molecular complexity index is 2340. The Morgan fingerprint density at radius 2 is 1.57 bits per heavy atom. The number of hydrazine groups is 1. The first kappa shape index (κ1) is 64.6. The standard InChI is InChI=1S/C55H83N9O15/c1-32(2)49(62-46(67)14-10-9-11-25-57-37(7)65)52(72)61-42(13-12-26-58-53(56)73)51(71)59-40-20-18-39(19-21-40)30-75-54(74)64-63-48(69)28-41-29-55(31-76-55)50(70)45(79-41)23-16-33(3)15-22-44-34(4)27-43(36(6)78-44)60-47(68)24-17-35(5)77-38(8)66/h15-21,23-24,32,34-36,41-45,49-50,70H,9-14,22,25-31H2,1-8H3,(H,57,65)(H,59,71)(H,60,68)(H,61,72)(H,62,67)(H,63,69)(H,64,74)(H3,56,58,73)/b23-16+,24-17-,33-15+/t34-,35-,36+,41+,42-,43+,44-,45+,49-,50+,55+/m0/s1. The third-order valence-corrected chi connectivity index (χ3v) is 13.6. The van der Waals surface area contributed by atoms with Crippen LogP contribution in [0.1, 0.15) is 125 Å². The Labute approximate surface area is 462 Å². The number of aliphatic hydroxyl groups is 1. The second kappa shape index (κ2) is 32.2. The number of ether oxygens (including phenoxy) is 5. The SMILES string of the molecule is CC(=O)NCCCCCC(=O)N[C@H](C(=O)N[C@@H](CCCNC(N)=O)C(=O)Nc1ccc(COC(=O)NNC(=O)C[C@@H]2C[C@@]3(CO3)[C@H](O)[C@@H](/C=C/C(C)=C/C[C@@H]3O[C@H](C)[C@H](NC(=O)/C=C\[C@H](C)OC(C)=O)C[C@@H]3C)O2)cc1)C(C)C. The van der Waals surface area contributed by atoms with Crippen LogP contribution in [0.5, 0.6) is 0 Å². The summed E-state index contributed by atoms with van der Waals surface area (Å²) in [5.74, 6) is -3.05. The Morgan fingerprint density at radius 1 is 0.861 bits per heavy atom. The van der Waals surface area contributed by atoms with E-state index in [9.17, 15) is 48.3 Å². The van der Waals surface area contributed by atoms with Gasteiger partial charge in [-0.25, -0.2) is 15.0 Å². The number of urea groups is 1. The van der Waals surface area contributed by atoms with Crippen LogP contribution < -0.4 is 48.5 Å². The number of carbonyl (C=O) groups is 9. The van der Waals surface area contributed by atoms with Crippen LogP contribution >= 0.6 is 0 Å². The van der Waals surface area contributed by atoms with Gasteiger partial charge in [-0.15, -0.1) is 0 Å². The molecule has 438 valence electrons. The van der Waals surface area contributed by atoms with Gasteiger partial charge in [-0.2, -0.15) is 0 Å². The smallest absolute Gasteiger partial charge is 0.426 e. The van der Waals surface area contributed by atoms with Crippen LogP contribution in [0.15, 0.2) is 60.2 Å². The summed E-state index contributed by atoms with van der Waals surface area (Å²) in [6.45, 7) is 14.6. The highest BCUT2D eigenvalue weighted by molar-refractivity contribution is 5.98. The number of hydrogen-bond donors (Lipinski definition) is 10. The van der Waals surface area contributed by atoms with Gasteiger partial charge >= 0.3 is 18.1 Å². The lowest BCUT2D eigenvalue weighted by Gasteiger charge is -2.39. The molecule has 3 fully saturated rings. The summed E-state index contributed by atoms with van der Waals surface area (Å²) in [4.78, 5) is 111. The highest BCUT2D eigenvalue weighted by atomic mass is 16.6. The van der Waals surface area contributed by atoms with Crippen molar-refractivity contribution >= 4 is 59.2 Å². The normalized spacial score (nSPS) is 23.9. The molecule has 9 amide bonds. The maximum Gasteiger partial charge on any atom is 0.426 e. The second-order valence-electron chi connectivity index (χ2n) is 20.9. The Morgan fingerprint density at radius 3 is 2.23 bits per heavy atom. The van der Waals surface area contributed by atoms with Gasteiger partial charge in [0.1, 0.15) is 42.6 Å². The molecule has 0 aliphatic carbocycles. The maximum absolute atomic E-state index is 13.6. The quantitative estimate of drug-likeness (QED) is 0.0144. The predicted octanol–water partition coefficient (Wildman–Crippen LogP) is 3.03. The average molecular weight is 1110 g/mol. The number of allylic oxidation sites excluding steroid dienone is 2. The Kier molecular flexibility index (Phi) is 26.4. The molecule has 24 nitrogen and oxygen atoms in total. The van der Waals surface area contributed by atoms with Crippen molar-refractivity contribution in [1.82, 2.24) is 37.4 Å². The predicted molar refractivity (Wildman–Crippen MR) is 290 cm³/mol. The van der Waals surface area contributed by atoms with E-state index in [4.69, 9.17) is 29.4 Å². The fourth-order valence-corrected chi connectivity index (χ4v) is 9.04. The van der Waals surface area contributed by atoms with E-state index >= 15 is 0 Å². The van der Waals surface area contributed by atoms with Gasteiger partial charge in [0.15, 0.2) is 0 Å². The molecule has 0 radical (unpaired) electrons. The van der Waals surface area contributed by atoms with Crippen LogP contribution in [0.4, 0.5) is 15.3 Å². The molecule has 1 aromatic carbocycles. The van der Waals surface area contributed by atoms with Crippen molar-refractivity contribution in [2.24, 2.45) is 17.6 Å². The summed E-state index contributed by atoms with van der Waals surface area (Å²) in [5, 5.41) is 27.6. The van der Waals surface area contributed by atoms with E-state index in [0.717, 1.165) is 5.57 Å². The summed E-state index contributed by atoms with van der Waals surface area (Å²) in [6, 6.07) is 3.42. The number of esters is 1. The zero-order chi connectivity index (χ0) is 58.2. The number of anilines is 1. The molecular weight excluding hydrogens is 1030 g/mol. The van der Waals surface area contributed by atoms with Gasteiger partial charge in [0, 0.05) is 51.5 Å². The van der Waals surface area contributed by atoms with Crippen molar-refractivity contribution in [3.8, 4) is 0 Å². The lowest BCUT2D eigenvalue weighted by Crippen LogP contribution is -2.54. The largest absolute Gasteiger partial charge is 0.459 e. The molecule has 11 atom stereocenters.